The van der Waals surface area contributed by atoms with Crippen molar-refractivity contribution >= 4 is 27.4 Å². The number of pyridine rings is 1. The third-order valence-corrected chi connectivity index (χ3v) is 3.50. The van der Waals surface area contributed by atoms with Gasteiger partial charge >= 0.3 is 0 Å². The third kappa shape index (κ3) is 1.76. The zero-order valence-corrected chi connectivity index (χ0v) is 10.2. The average molecular weight is 241 g/mol. The van der Waals surface area contributed by atoms with Crippen LogP contribution in [0.4, 0.5) is 5.82 Å². The molecule has 0 bridgehead atoms. The molecule has 0 fully saturated rings. The van der Waals surface area contributed by atoms with Crippen molar-refractivity contribution in [3.8, 4) is 11.1 Å². The minimum absolute atomic E-state index is 0.891. The van der Waals surface area contributed by atoms with Crippen LogP contribution >= 0.6 is 11.3 Å². The van der Waals surface area contributed by atoms with Crippen molar-refractivity contribution in [2.24, 2.45) is 0 Å². The normalized spacial score (nSPS) is 10.6. The van der Waals surface area contributed by atoms with E-state index < -0.39 is 0 Å². The Kier molecular flexibility index (Phi) is 2.49. The third-order valence-electron chi connectivity index (χ3n) is 2.69. The summed E-state index contributed by atoms with van der Waals surface area (Å²) in [5.41, 5.74) is 5.15. The average Bonchev–Trinajstić information content (AvgIpc) is 2.85. The van der Waals surface area contributed by atoms with Crippen LogP contribution in [0.2, 0.25) is 0 Å². The Labute approximate surface area is 103 Å². The number of hydrogen-bond donors (Lipinski definition) is 1. The lowest BCUT2D eigenvalue weighted by molar-refractivity contribution is 1.29. The first-order valence-electron chi connectivity index (χ1n) is 5.35. The summed E-state index contributed by atoms with van der Waals surface area (Å²) in [6.45, 7) is 0. The molecule has 3 nitrogen and oxygen atoms in total. The van der Waals surface area contributed by atoms with Gasteiger partial charge < -0.3 is 5.32 Å². The molecule has 0 aliphatic carbocycles. The number of thiazole rings is 1. The molecule has 0 aliphatic heterocycles. The molecule has 1 N–H and O–H groups in total. The Hall–Kier alpha value is -1.94. The van der Waals surface area contributed by atoms with Crippen molar-refractivity contribution in [1.82, 2.24) is 9.97 Å². The molecule has 2 heterocycles. The molecule has 0 radical (unpaired) electrons. The molecule has 2 aromatic heterocycles. The highest BCUT2D eigenvalue weighted by molar-refractivity contribution is 7.16. The van der Waals surface area contributed by atoms with Crippen LogP contribution in [0, 0.1) is 0 Å². The summed E-state index contributed by atoms with van der Waals surface area (Å²) < 4.78 is 1.21. The van der Waals surface area contributed by atoms with Gasteiger partial charge in [0.15, 0.2) is 0 Å². The lowest BCUT2D eigenvalue weighted by Gasteiger charge is -2.07. The van der Waals surface area contributed by atoms with Crippen molar-refractivity contribution in [3.05, 3.63) is 42.0 Å². The van der Waals surface area contributed by atoms with Gasteiger partial charge in [-0.25, -0.2) is 9.97 Å². The Morgan fingerprint density at radius 1 is 1.18 bits per heavy atom. The van der Waals surface area contributed by atoms with Gasteiger partial charge in [0.25, 0.3) is 0 Å². The second kappa shape index (κ2) is 4.14. The molecule has 0 unspecified atom stereocenters. The van der Waals surface area contributed by atoms with Crippen LogP contribution in [0.5, 0.6) is 0 Å². The zero-order chi connectivity index (χ0) is 11.7. The quantitative estimate of drug-likeness (QED) is 0.747. The monoisotopic (exact) mass is 241 g/mol. The number of aromatic nitrogens is 2. The van der Waals surface area contributed by atoms with E-state index in [1.165, 1.54) is 4.70 Å². The summed E-state index contributed by atoms with van der Waals surface area (Å²) in [7, 11) is 1.88. The van der Waals surface area contributed by atoms with E-state index in [9.17, 15) is 0 Å². The summed E-state index contributed by atoms with van der Waals surface area (Å²) in [6.07, 6.45) is 1.79. The van der Waals surface area contributed by atoms with Gasteiger partial charge in [0.05, 0.1) is 15.7 Å². The van der Waals surface area contributed by atoms with Crippen molar-refractivity contribution in [2.45, 2.75) is 0 Å². The van der Waals surface area contributed by atoms with Crippen molar-refractivity contribution in [3.63, 3.8) is 0 Å². The summed E-state index contributed by atoms with van der Waals surface area (Å²) in [5, 5.41) is 3.11. The number of hydrogen-bond acceptors (Lipinski definition) is 4. The van der Waals surface area contributed by atoms with E-state index in [-0.39, 0.29) is 0 Å². The molecule has 0 aliphatic rings. The number of rotatable bonds is 2. The van der Waals surface area contributed by atoms with Gasteiger partial charge in [0.2, 0.25) is 0 Å². The maximum absolute atomic E-state index is 4.34. The lowest BCUT2D eigenvalue weighted by atomic mass is 10.1. The molecular formula is C13H11N3S. The first-order chi connectivity index (χ1) is 8.38. The van der Waals surface area contributed by atoms with Crippen LogP contribution < -0.4 is 5.32 Å². The second-order valence-electron chi connectivity index (χ2n) is 3.68. The van der Waals surface area contributed by atoms with Crippen LogP contribution in [0.3, 0.4) is 0 Å². The molecule has 17 heavy (non-hydrogen) atoms. The fraction of sp³-hybridized carbons (Fsp3) is 0.0769. The lowest BCUT2D eigenvalue weighted by Crippen LogP contribution is -1.94. The highest BCUT2D eigenvalue weighted by Gasteiger charge is 2.06. The predicted molar refractivity (Wildman–Crippen MR) is 72.4 cm³/mol. The standard InChI is InChI=1S/C13H11N3S/c1-14-13-10(3-2-6-15-13)9-4-5-12-11(7-9)16-8-17-12/h2-8H,1H3,(H,14,15). The van der Waals surface area contributed by atoms with Crippen LogP contribution in [-0.2, 0) is 0 Å². The van der Waals surface area contributed by atoms with Gasteiger partial charge in [0.1, 0.15) is 5.82 Å². The Morgan fingerprint density at radius 3 is 3.00 bits per heavy atom. The van der Waals surface area contributed by atoms with Gasteiger partial charge in [-0.15, -0.1) is 11.3 Å². The van der Waals surface area contributed by atoms with E-state index in [4.69, 9.17) is 0 Å². The van der Waals surface area contributed by atoms with Gasteiger partial charge in [-0.05, 0) is 29.8 Å². The first-order valence-corrected chi connectivity index (χ1v) is 6.23. The molecule has 84 valence electrons. The fourth-order valence-electron chi connectivity index (χ4n) is 1.86. The van der Waals surface area contributed by atoms with Crippen molar-refractivity contribution in [2.75, 3.05) is 12.4 Å². The molecule has 1 aromatic carbocycles. The zero-order valence-electron chi connectivity index (χ0n) is 9.34. The largest absolute Gasteiger partial charge is 0.373 e. The molecule has 3 rings (SSSR count). The highest BCUT2D eigenvalue weighted by Crippen LogP contribution is 2.29. The fourth-order valence-corrected chi connectivity index (χ4v) is 2.52. The van der Waals surface area contributed by atoms with E-state index in [1.807, 2.05) is 18.6 Å². The first kappa shape index (κ1) is 10.2. The molecule has 4 heteroatoms. The summed E-state index contributed by atoms with van der Waals surface area (Å²) >= 11 is 1.66. The van der Waals surface area contributed by atoms with E-state index in [2.05, 4.69) is 39.6 Å². The minimum Gasteiger partial charge on any atom is -0.373 e. The van der Waals surface area contributed by atoms with Crippen molar-refractivity contribution in [1.29, 1.82) is 0 Å². The van der Waals surface area contributed by atoms with Crippen LogP contribution in [-0.4, -0.2) is 17.0 Å². The Morgan fingerprint density at radius 2 is 2.12 bits per heavy atom. The molecule has 0 saturated heterocycles. The number of nitrogens with one attached hydrogen (secondary N) is 1. The van der Waals surface area contributed by atoms with Crippen LogP contribution in [0.25, 0.3) is 21.3 Å². The van der Waals surface area contributed by atoms with Crippen LogP contribution in [0.1, 0.15) is 0 Å². The molecule has 3 aromatic rings. The van der Waals surface area contributed by atoms with Gasteiger partial charge in [-0.1, -0.05) is 6.07 Å². The molecule has 0 amide bonds. The number of anilines is 1. The predicted octanol–water partition coefficient (Wildman–Crippen LogP) is 3.40. The molecule has 0 atom stereocenters. The maximum Gasteiger partial charge on any atom is 0.133 e. The topological polar surface area (TPSA) is 37.8 Å². The summed E-state index contributed by atoms with van der Waals surface area (Å²) in [6, 6.07) is 10.3. The molecule has 0 spiro atoms. The highest BCUT2D eigenvalue weighted by atomic mass is 32.1. The summed E-state index contributed by atoms with van der Waals surface area (Å²) in [4.78, 5) is 8.65. The van der Waals surface area contributed by atoms with Gasteiger partial charge in [-0.2, -0.15) is 0 Å². The van der Waals surface area contributed by atoms with E-state index in [0.717, 1.165) is 22.5 Å². The molecule has 0 saturated carbocycles. The Balaban J connectivity index is 2.19. The maximum atomic E-state index is 4.34. The number of benzene rings is 1. The van der Waals surface area contributed by atoms with E-state index in [1.54, 1.807) is 17.5 Å². The number of nitrogens with zero attached hydrogens (tertiary/aromatic N) is 2. The van der Waals surface area contributed by atoms with Crippen LogP contribution in [0.15, 0.2) is 42.0 Å². The van der Waals surface area contributed by atoms with Gasteiger partial charge in [-0.3, -0.25) is 0 Å². The molecular weight excluding hydrogens is 230 g/mol. The smallest absolute Gasteiger partial charge is 0.133 e. The Bertz CT molecular complexity index is 660. The van der Waals surface area contributed by atoms with E-state index in [0.29, 0.717) is 0 Å². The SMILES string of the molecule is CNc1ncccc1-c1ccc2scnc2c1. The minimum atomic E-state index is 0.891. The van der Waals surface area contributed by atoms with E-state index >= 15 is 0 Å². The van der Waals surface area contributed by atoms with Gasteiger partial charge in [0, 0.05) is 18.8 Å². The second-order valence-corrected chi connectivity index (χ2v) is 4.57. The van der Waals surface area contributed by atoms with Crippen molar-refractivity contribution < 1.29 is 0 Å². The number of fused-ring (bicyclic) bond motifs is 1. The summed E-state index contributed by atoms with van der Waals surface area (Å²) in [5.74, 6) is 0.891.